The predicted molar refractivity (Wildman–Crippen MR) is 112 cm³/mol. The van der Waals surface area contributed by atoms with Gasteiger partial charge >= 0.3 is 6.03 Å². The average Bonchev–Trinajstić information content (AvgIpc) is 2.74. The molecule has 29 heavy (non-hydrogen) atoms. The fourth-order valence-corrected chi connectivity index (χ4v) is 3.73. The second kappa shape index (κ2) is 8.36. The molecule has 150 valence electrons. The zero-order valence-electron chi connectivity index (χ0n) is 16.1. The van der Waals surface area contributed by atoms with Gasteiger partial charge in [0.25, 0.3) is 0 Å². The molecule has 0 spiro atoms. The SMILES string of the molecule is C=C1NC(=O)N[C@H](c2ccc(N3CCOCC3)cc2)[C@@H]1C(=O)Nc1ccccc1. The highest BCUT2D eigenvalue weighted by molar-refractivity contribution is 5.97. The molecule has 2 aromatic carbocycles. The maximum atomic E-state index is 13.0. The highest BCUT2D eigenvalue weighted by Crippen LogP contribution is 2.31. The lowest BCUT2D eigenvalue weighted by molar-refractivity contribution is -0.119. The van der Waals surface area contributed by atoms with Gasteiger partial charge in [-0.2, -0.15) is 0 Å². The standard InChI is InChI=1S/C22H24N4O3/c1-15-19(21(27)24-17-5-3-2-4-6-17)20(25-22(28)23-15)16-7-9-18(10-8-16)26-11-13-29-14-12-26/h2-10,19-20H,1,11-14H2,(H,24,27)(H2,23,25,28)/t19-,20-/m1/s1. The summed E-state index contributed by atoms with van der Waals surface area (Å²) in [7, 11) is 0. The molecule has 2 aliphatic heterocycles. The van der Waals surface area contributed by atoms with Crippen molar-refractivity contribution in [3.05, 3.63) is 72.4 Å². The summed E-state index contributed by atoms with van der Waals surface area (Å²) in [6, 6.07) is 16.3. The Morgan fingerprint density at radius 3 is 2.45 bits per heavy atom. The first kappa shape index (κ1) is 19.0. The van der Waals surface area contributed by atoms with Crippen molar-refractivity contribution in [2.75, 3.05) is 36.5 Å². The number of nitrogens with zero attached hydrogens (tertiary/aromatic N) is 1. The van der Waals surface area contributed by atoms with Gasteiger partial charge in [-0.25, -0.2) is 4.79 Å². The summed E-state index contributed by atoms with van der Waals surface area (Å²) in [6.45, 7) is 7.05. The zero-order valence-corrected chi connectivity index (χ0v) is 16.1. The number of urea groups is 1. The Hall–Kier alpha value is -3.32. The number of rotatable bonds is 4. The van der Waals surface area contributed by atoms with Gasteiger partial charge in [0.1, 0.15) is 5.92 Å². The molecule has 0 aliphatic carbocycles. The van der Waals surface area contributed by atoms with E-state index in [1.807, 2.05) is 54.6 Å². The topological polar surface area (TPSA) is 82.7 Å². The largest absolute Gasteiger partial charge is 0.378 e. The summed E-state index contributed by atoms with van der Waals surface area (Å²) < 4.78 is 5.40. The fraction of sp³-hybridized carbons (Fsp3) is 0.273. The first-order valence-electron chi connectivity index (χ1n) is 9.67. The normalized spacial score (nSPS) is 21.9. The Morgan fingerprint density at radius 1 is 1.07 bits per heavy atom. The molecule has 2 atom stereocenters. The van der Waals surface area contributed by atoms with Crippen LogP contribution in [0.3, 0.4) is 0 Å². The molecule has 2 saturated heterocycles. The van der Waals surface area contributed by atoms with Gasteiger partial charge in [0.15, 0.2) is 0 Å². The number of carbonyl (C=O) groups is 2. The number of benzene rings is 2. The molecule has 2 aliphatic rings. The maximum Gasteiger partial charge on any atom is 0.319 e. The number of ether oxygens (including phenoxy) is 1. The van der Waals surface area contributed by atoms with Crippen LogP contribution in [-0.2, 0) is 9.53 Å². The van der Waals surface area contributed by atoms with E-state index in [1.54, 1.807) is 0 Å². The number of carbonyl (C=O) groups excluding carboxylic acids is 2. The van der Waals surface area contributed by atoms with E-state index in [0.29, 0.717) is 24.6 Å². The molecule has 4 rings (SSSR count). The molecular formula is C22H24N4O3. The summed E-state index contributed by atoms with van der Waals surface area (Å²) >= 11 is 0. The molecular weight excluding hydrogens is 368 g/mol. The fourth-order valence-electron chi connectivity index (χ4n) is 3.73. The van der Waals surface area contributed by atoms with Crippen LogP contribution in [0.5, 0.6) is 0 Å². The Balaban J connectivity index is 1.56. The van der Waals surface area contributed by atoms with Crippen LogP contribution >= 0.6 is 0 Å². The summed E-state index contributed by atoms with van der Waals surface area (Å²) in [5, 5.41) is 8.41. The van der Waals surface area contributed by atoms with E-state index < -0.39 is 12.0 Å². The van der Waals surface area contributed by atoms with Gasteiger partial charge in [0, 0.05) is 30.2 Å². The Morgan fingerprint density at radius 2 is 1.76 bits per heavy atom. The van der Waals surface area contributed by atoms with E-state index in [2.05, 4.69) is 27.4 Å². The third kappa shape index (κ3) is 4.25. The summed E-state index contributed by atoms with van der Waals surface area (Å²) in [4.78, 5) is 27.3. The van der Waals surface area contributed by atoms with E-state index in [9.17, 15) is 9.59 Å². The molecule has 0 bridgehead atoms. The molecule has 0 saturated carbocycles. The number of hydrogen-bond donors (Lipinski definition) is 3. The van der Waals surface area contributed by atoms with Crippen LogP contribution in [0.4, 0.5) is 16.2 Å². The predicted octanol–water partition coefficient (Wildman–Crippen LogP) is 2.65. The minimum absolute atomic E-state index is 0.226. The third-order valence-corrected chi connectivity index (χ3v) is 5.22. The lowest BCUT2D eigenvalue weighted by atomic mass is 9.88. The molecule has 7 heteroatoms. The smallest absolute Gasteiger partial charge is 0.319 e. The van der Waals surface area contributed by atoms with E-state index in [1.165, 1.54) is 0 Å². The van der Waals surface area contributed by atoms with Gasteiger partial charge in [-0.1, -0.05) is 36.9 Å². The highest BCUT2D eigenvalue weighted by Gasteiger charge is 2.37. The van der Waals surface area contributed by atoms with Crippen LogP contribution in [0.2, 0.25) is 0 Å². The number of morpholine rings is 1. The van der Waals surface area contributed by atoms with Crippen LogP contribution in [0.15, 0.2) is 66.9 Å². The summed E-state index contributed by atoms with van der Waals surface area (Å²) in [6.07, 6.45) is 0. The molecule has 7 nitrogen and oxygen atoms in total. The average molecular weight is 392 g/mol. The van der Waals surface area contributed by atoms with Crippen molar-refractivity contribution in [1.29, 1.82) is 0 Å². The first-order valence-corrected chi connectivity index (χ1v) is 9.67. The van der Waals surface area contributed by atoms with Gasteiger partial charge in [0.05, 0.1) is 19.3 Å². The van der Waals surface area contributed by atoms with Crippen molar-refractivity contribution in [3.63, 3.8) is 0 Å². The van der Waals surface area contributed by atoms with Crippen LogP contribution in [-0.4, -0.2) is 38.2 Å². The highest BCUT2D eigenvalue weighted by atomic mass is 16.5. The quantitative estimate of drug-likeness (QED) is 0.747. The maximum absolute atomic E-state index is 13.0. The van der Waals surface area contributed by atoms with Crippen molar-refractivity contribution in [2.24, 2.45) is 5.92 Å². The molecule has 3 amide bonds. The molecule has 0 aromatic heterocycles. The van der Waals surface area contributed by atoms with Crippen molar-refractivity contribution >= 4 is 23.3 Å². The Labute approximate surface area is 169 Å². The number of para-hydroxylation sites is 1. The second-order valence-electron chi connectivity index (χ2n) is 7.13. The summed E-state index contributed by atoms with van der Waals surface area (Å²) in [5.41, 5.74) is 3.03. The van der Waals surface area contributed by atoms with E-state index in [0.717, 1.165) is 24.3 Å². The van der Waals surface area contributed by atoms with E-state index >= 15 is 0 Å². The third-order valence-electron chi connectivity index (χ3n) is 5.22. The van der Waals surface area contributed by atoms with Crippen LogP contribution < -0.4 is 20.9 Å². The molecule has 3 N–H and O–H groups in total. The monoisotopic (exact) mass is 392 g/mol. The Kier molecular flexibility index (Phi) is 5.48. The van der Waals surface area contributed by atoms with E-state index in [-0.39, 0.29) is 11.9 Å². The van der Waals surface area contributed by atoms with Gasteiger partial charge in [-0.15, -0.1) is 0 Å². The van der Waals surface area contributed by atoms with Crippen molar-refractivity contribution in [1.82, 2.24) is 10.6 Å². The number of hydrogen-bond acceptors (Lipinski definition) is 4. The lowest BCUT2D eigenvalue weighted by Gasteiger charge is -2.34. The van der Waals surface area contributed by atoms with Gasteiger partial charge in [-0.3, -0.25) is 4.79 Å². The lowest BCUT2D eigenvalue weighted by Crippen LogP contribution is -2.51. The summed E-state index contributed by atoms with van der Waals surface area (Å²) in [5.74, 6) is -0.863. The van der Waals surface area contributed by atoms with Crippen molar-refractivity contribution < 1.29 is 14.3 Å². The van der Waals surface area contributed by atoms with Crippen LogP contribution in [0, 0.1) is 5.92 Å². The Bertz CT molecular complexity index is 892. The van der Waals surface area contributed by atoms with Gasteiger partial charge < -0.3 is 25.6 Å². The molecule has 2 heterocycles. The van der Waals surface area contributed by atoms with Crippen molar-refractivity contribution in [2.45, 2.75) is 6.04 Å². The first-order chi connectivity index (χ1) is 14.1. The van der Waals surface area contributed by atoms with Crippen molar-refractivity contribution in [3.8, 4) is 0 Å². The molecule has 2 aromatic rings. The van der Waals surface area contributed by atoms with Gasteiger partial charge in [-0.05, 0) is 29.8 Å². The number of anilines is 2. The second-order valence-corrected chi connectivity index (χ2v) is 7.13. The molecule has 0 unspecified atom stereocenters. The molecule has 0 radical (unpaired) electrons. The van der Waals surface area contributed by atoms with Crippen LogP contribution in [0.1, 0.15) is 11.6 Å². The minimum atomic E-state index is -0.637. The number of nitrogens with one attached hydrogen (secondary N) is 3. The molecule has 2 fully saturated rings. The van der Waals surface area contributed by atoms with Gasteiger partial charge in [0.2, 0.25) is 5.91 Å². The zero-order chi connectivity index (χ0) is 20.2. The minimum Gasteiger partial charge on any atom is -0.378 e. The van der Waals surface area contributed by atoms with E-state index in [4.69, 9.17) is 4.74 Å². The number of amides is 3. The van der Waals surface area contributed by atoms with Crippen LogP contribution in [0.25, 0.3) is 0 Å².